The van der Waals surface area contributed by atoms with Crippen LogP contribution in [0.3, 0.4) is 0 Å². The van der Waals surface area contributed by atoms with E-state index >= 15 is 0 Å². The second-order valence-corrected chi connectivity index (χ2v) is 7.83. The van der Waals surface area contributed by atoms with Gasteiger partial charge in [-0.15, -0.1) is 0 Å². The Hall–Kier alpha value is -1.29. The molecule has 2 aliphatic rings. The Balaban J connectivity index is 2.14. The summed E-state index contributed by atoms with van der Waals surface area (Å²) in [6, 6.07) is 0. The number of likely N-dealkylation sites (tertiary alicyclic amines) is 1. The SMILES string of the molecule is CCOC(=O)C1CC(OS(C)(=O)=O)CC1C(=O)N1CCC(F)(F)C1. The second-order valence-electron chi connectivity index (χ2n) is 6.22. The lowest BCUT2D eigenvalue weighted by atomic mass is 9.95. The molecule has 2 rings (SSSR count). The summed E-state index contributed by atoms with van der Waals surface area (Å²) < 4.78 is 59.0. The Labute approximate surface area is 139 Å². The summed E-state index contributed by atoms with van der Waals surface area (Å²) in [7, 11) is -3.75. The zero-order valence-electron chi connectivity index (χ0n) is 13.5. The van der Waals surface area contributed by atoms with E-state index in [-0.39, 0.29) is 26.0 Å². The van der Waals surface area contributed by atoms with E-state index in [1.807, 2.05) is 0 Å². The third-order valence-electron chi connectivity index (χ3n) is 4.22. The van der Waals surface area contributed by atoms with Crippen LogP contribution >= 0.6 is 0 Å². The Morgan fingerprint density at radius 2 is 1.88 bits per heavy atom. The van der Waals surface area contributed by atoms with Crippen molar-refractivity contribution in [1.82, 2.24) is 4.90 Å². The number of nitrogens with zero attached hydrogens (tertiary/aromatic N) is 1. The van der Waals surface area contributed by atoms with Crippen LogP contribution in [0.2, 0.25) is 0 Å². The number of hydrogen-bond acceptors (Lipinski definition) is 6. The lowest BCUT2D eigenvalue weighted by molar-refractivity contribution is -0.153. The maximum absolute atomic E-state index is 13.3. The molecule has 0 bridgehead atoms. The molecule has 2 fully saturated rings. The summed E-state index contributed by atoms with van der Waals surface area (Å²) in [6.45, 7) is 0.940. The monoisotopic (exact) mass is 369 g/mol. The lowest BCUT2D eigenvalue weighted by Crippen LogP contribution is -2.39. The van der Waals surface area contributed by atoms with Crippen LogP contribution in [0.4, 0.5) is 8.78 Å². The molecule has 0 aromatic rings. The van der Waals surface area contributed by atoms with Crippen LogP contribution in [0.5, 0.6) is 0 Å². The van der Waals surface area contributed by atoms with Crippen LogP contribution in [-0.4, -0.2) is 63.2 Å². The highest BCUT2D eigenvalue weighted by Gasteiger charge is 2.49. The fourth-order valence-electron chi connectivity index (χ4n) is 3.26. The van der Waals surface area contributed by atoms with E-state index in [4.69, 9.17) is 8.92 Å². The number of carbonyl (C=O) groups is 2. The van der Waals surface area contributed by atoms with Gasteiger partial charge in [-0.2, -0.15) is 8.42 Å². The van der Waals surface area contributed by atoms with Crippen molar-refractivity contribution < 1.29 is 35.7 Å². The number of esters is 1. The molecule has 0 N–H and O–H groups in total. The van der Waals surface area contributed by atoms with Crippen LogP contribution in [0.25, 0.3) is 0 Å². The Kier molecular flexibility index (Phi) is 5.48. The quantitative estimate of drug-likeness (QED) is 0.526. The second kappa shape index (κ2) is 6.91. The molecule has 138 valence electrons. The topological polar surface area (TPSA) is 90.0 Å². The minimum Gasteiger partial charge on any atom is -0.466 e. The number of rotatable bonds is 5. The predicted octanol–water partition coefficient (Wildman–Crippen LogP) is 0.788. The van der Waals surface area contributed by atoms with Crippen LogP contribution in [0.15, 0.2) is 0 Å². The van der Waals surface area contributed by atoms with Crippen molar-refractivity contribution in [3.63, 3.8) is 0 Å². The first-order valence-corrected chi connectivity index (χ1v) is 9.55. The van der Waals surface area contributed by atoms with Gasteiger partial charge in [0, 0.05) is 13.0 Å². The first kappa shape index (κ1) is 19.0. The summed E-state index contributed by atoms with van der Waals surface area (Å²) >= 11 is 0. The van der Waals surface area contributed by atoms with Gasteiger partial charge < -0.3 is 9.64 Å². The van der Waals surface area contributed by atoms with Gasteiger partial charge in [0.25, 0.3) is 16.0 Å². The number of hydrogen-bond donors (Lipinski definition) is 0. The molecule has 1 saturated heterocycles. The van der Waals surface area contributed by atoms with Crippen LogP contribution < -0.4 is 0 Å². The Morgan fingerprint density at radius 1 is 1.25 bits per heavy atom. The molecule has 1 amide bonds. The van der Waals surface area contributed by atoms with E-state index in [2.05, 4.69) is 0 Å². The minimum absolute atomic E-state index is 0.00649. The molecule has 0 aromatic carbocycles. The maximum Gasteiger partial charge on any atom is 0.309 e. The molecule has 0 aromatic heterocycles. The Morgan fingerprint density at radius 3 is 2.38 bits per heavy atom. The average molecular weight is 369 g/mol. The third kappa shape index (κ3) is 4.62. The predicted molar refractivity (Wildman–Crippen MR) is 78.7 cm³/mol. The molecule has 3 atom stereocenters. The molecule has 0 spiro atoms. The van der Waals surface area contributed by atoms with Gasteiger partial charge in [-0.3, -0.25) is 13.8 Å². The van der Waals surface area contributed by atoms with Gasteiger partial charge >= 0.3 is 5.97 Å². The van der Waals surface area contributed by atoms with Gasteiger partial charge in [-0.1, -0.05) is 0 Å². The van der Waals surface area contributed by atoms with Crippen molar-refractivity contribution in [2.75, 3.05) is 26.0 Å². The van der Waals surface area contributed by atoms with E-state index in [0.717, 1.165) is 11.2 Å². The maximum atomic E-state index is 13.3. The minimum atomic E-state index is -3.75. The van der Waals surface area contributed by atoms with Gasteiger partial charge in [0.05, 0.1) is 37.3 Å². The molecule has 24 heavy (non-hydrogen) atoms. The normalized spacial score (nSPS) is 29.7. The van der Waals surface area contributed by atoms with Gasteiger partial charge in [0.1, 0.15) is 0 Å². The molecule has 3 unspecified atom stereocenters. The van der Waals surface area contributed by atoms with Gasteiger partial charge in [0.2, 0.25) is 5.91 Å². The summed E-state index contributed by atoms with van der Waals surface area (Å²) in [5.41, 5.74) is 0. The first-order chi connectivity index (χ1) is 11.0. The summed E-state index contributed by atoms with van der Waals surface area (Å²) in [5, 5.41) is 0. The number of ether oxygens (including phenoxy) is 1. The third-order valence-corrected chi connectivity index (χ3v) is 4.84. The standard InChI is InChI=1S/C14H21F2NO6S/c1-3-22-13(19)11-7-9(23-24(2,20)21)6-10(11)12(18)17-5-4-14(15,16)8-17/h9-11H,3-8H2,1-2H3. The molecular formula is C14H21F2NO6S. The highest BCUT2D eigenvalue weighted by Crippen LogP contribution is 2.38. The van der Waals surface area contributed by atoms with E-state index in [1.165, 1.54) is 0 Å². The molecule has 1 aliphatic carbocycles. The van der Waals surface area contributed by atoms with Crippen LogP contribution in [0, 0.1) is 11.8 Å². The van der Waals surface area contributed by atoms with Crippen molar-refractivity contribution in [2.24, 2.45) is 11.8 Å². The highest BCUT2D eigenvalue weighted by atomic mass is 32.2. The van der Waals surface area contributed by atoms with Crippen molar-refractivity contribution in [3.8, 4) is 0 Å². The summed E-state index contributed by atoms with van der Waals surface area (Å²) in [5.74, 6) is -5.95. The van der Waals surface area contributed by atoms with Crippen LogP contribution in [0.1, 0.15) is 26.2 Å². The molecule has 10 heteroatoms. The number of alkyl halides is 2. The zero-order valence-corrected chi connectivity index (χ0v) is 14.4. The smallest absolute Gasteiger partial charge is 0.309 e. The highest BCUT2D eigenvalue weighted by molar-refractivity contribution is 7.86. The summed E-state index contributed by atoms with van der Waals surface area (Å²) in [6.07, 6.45) is -0.391. The lowest BCUT2D eigenvalue weighted by Gasteiger charge is -2.23. The molecule has 1 aliphatic heterocycles. The largest absolute Gasteiger partial charge is 0.466 e. The fourth-order valence-corrected chi connectivity index (χ4v) is 3.91. The molecule has 0 radical (unpaired) electrons. The molecule has 1 heterocycles. The molecule has 7 nitrogen and oxygen atoms in total. The van der Waals surface area contributed by atoms with Crippen molar-refractivity contribution in [3.05, 3.63) is 0 Å². The van der Waals surface area contributed by atoms with Crippen molar-refractivity contribution >= 4 is 22.0 Å². The molecule has 1 saturated carbocycles. The van der Waals surface area contributed by atoms with Crippen LogP contribution in [-0.2, 0) is 28.6 Å². The number of amides is 1. The molecular weight excluding hydrogens is 348 g/mol. The van der Waals surface area contributed by atoms with E-state index in [0.29, 0.717) is 0 Å². The van der Waals surface area contributed by atoms with E-state index < -0.39 is 58.8 Å². The zero-order chi connectivity index (χ0) is 18.1. The van der Waals surface area contributed by atoms with Crippen molar-refractivity contribution in [2.45, 2.75) is 38.2 Å². The summed E-state index contributed by atoms with van der Waals surface area (Å²) in [4.78, 5) is 25.6. The van der Waals surface area contributed by atoms with Crippen molar-refractivity contribution in [1.29, 1.82) is 0 Å². The van der Waals surface area contributed by atoms with Gasteiger partial charge in [0.15, 0.2) is 0 Å². The first-order valence-electron chi connectivity index (χ1n) is 7.74. The fraction of sp³-hybridized carbons (Fsp3) is 0.857. The Bertz CT molecular complexity index is 608. The van der Waals surface area contributed by atoms with E-state index in [9.17, 15) is 26.8 Å². The number of halogens is 2. The van der Waals surface area contributed by atoms with Gasteiger partial charge in [-0.25, -0.2) is 8.78 Å². The average Bonchev–Trinajstić information content (AvgIpc) is 3.00. The van der Waals surface area contributed by atoms with E-state index in [1.54, 1.807) is 6.92 Å². The number of carbonyl (C=O) groups excluding carboxylic acids is 2. The van der Waals surface area contributed by atoms with Gasteiger partial charge in [-0.05, 0) is 19.8 Å².